The Bertz CT molecular complexity index is 641. The first-order valence-electron chi connectivity index (χ1n) is 7.88. The molecule has 0 aliphatic carbocycles. The van der Waals surface area contributed by atoms with Gasteiger partial charge in [-0.1, -0.05) is 0 Å². The summed E-state index contributed by atoms with van der Waals surface area (Å²) in [6, 6.07) is 3.00. The van der Waals surface area contributed by atoms with Crippen LogP contribution in [0, 0.1) is 0 Å². The van der Waals surface area contributed by atoms with Crippen molar-refractivity contribution in [1.29, 1.82) is 0 Å². The van der Waals surface area contributed by atoms with E-state index in [0.717, 1.165) is 0 Å². The van der Waals surface area contributed by atoms with Gasteiger partial charge in [0.05, 0.1) is 13.7 Å². The van der Waals surface area contributed by atoms with Gasteiger partial charge in [0.25, 0.3) is 11.8 Å². The molecule has 0 aliphatic rings. The van der Waals surface area contributed by atoms with Crippen molar-refractivity contribution in [3.8, 4) is 11.5 Å². The molecule has 26 heavy (non-hydrogen) atoms. The third-order valence-corrected chi connectivity index (χ3v) is 3.91. The molecule has 9 nitrogen and oxygen atoms in total. The van der Waals surface area contributed by atoms with Gasteiger partial charge < -0.3 is 20.5 Å². The van der Waals surface area contributed by atoms with Gasteiger partial charge in [-0.05, 0) is 43.6 Å². The average molecular weight is 384 g/mol. The molecule has 144 valence electrons. The molecular weight excluding hydrogens is 360 g/mol. The zero-order valence-electron chi connectivity index (χ0n) is 15.0. The molecule has 4 amide bonds. The molecule has 1 atom stereocenters. The van der Waals surface area contributed by atoms with Crippen LogP contribution in [0.1, 0.15) is 23.7 Å². The van der Waals surface area contributed by atoms with Gasteiger partial charge in [-0.15, -0.1) is 0 Å². The van der Waals surface area contributed by atoms with Crippen molar-refractivity contribution in [2.75, 3.05) is 25.7 Å². The lowest BCUT2D eigenvalue weighted by Gasteiger charge is -2.17. The summed E-state index contributed by atoms with van der Waals surface area (Å²) in [5, 5.41) is 2.34. The van der Waals surface area contributed by atoms with Gasteiger partial charge >= 0.3 is 6.03 Å². The molecular formula is C16H24N4O5S. The van der Waals surface area contributed by atoms with Crippen LogP contribution in [0.4, 0.5) is 4.79 Å². The van der Waals surface area contributed by atoms with Gasteiger partial charge in [0, 0.05) is 5.56 Å². The first kappa shape index (κ1) is 21.4. The van der Waals surface area contributed by atoms with Gasteiger partial charge in [-0.25, -0.2) is 4.79 Å². The van der Waals surface area contributed by atoms with E-state index in [4.69, 9.17) is 15.2 Å². The van der Waals surface area contributed by atoms with Crippen molar-refractivity contribution in [3.05, 3.63) is 23.8 Å². The highest BCUT2D eigenvalue weighted by Crippen LogP contribution is 2.27. The Morgan fingerprint density at radius 3 is 2.54 bits per heavy atom. The van der Waals surface area contributed by atoms with E-state index in [0.29, 0.717) is 30.3 Å². The molecule has 5 N–H and O–H groups in total. The monoisotopic (exact) mass is 384 g/mol. The molecule has 0 fully saturated rings. The fraction of sp³-hybridized carbons (Fsp3) is 0.438. The maximum absolute atomic E-state index is 12.2. The molecule has 0 saturated heterocycles. The zero-order valence-corrected chi connectivity index (χ0v) is 15.8. The molecule has 0 aromatic heterocycles. The number of carbonyl (C=O) groups excluding carboxylic acids is 3. The molecule has 1 aromatic carbocycles. The number of nitrogens with one attached hydrogen (secondary N) is 3. The summed E-state index contributed by atoms with van der Waals surface area (Å²) in [6.45, 7) is 2.30. The van der Waals surface area contributed by atoms with E-state index in [9.17, 15) is 14.4 Å². The number of hydrogen-bond acceptors (Lipinski definition) is 6. The summed E-state index contributed by atoms with van der Waals surface area (Å²) in [7, 11) is 1.47. The maximum Gasteiger partial charge on any atom is 0.312 e. The Hall–Kier alpha value is -2.62. The maximum atomic E-state index is 12.2. The molecule has 0 saturated carbocycles. The van der Waals surface area contributed by atoms with Gasteiger partial charge in [-0.3, -0.25) is 20.4 Å². The van der Waals surface area contributed by atoms with E-state index in [-0.39, 0.29) is 5.56 Å². The Kier molecular flexibility index (Phi) is 9.13. The van der Waals surface area contributed by atoms with E-state index in [2.05, 4.69) is 16.2 Å². The molecule has 0 spiro atoms. The normalized spacial score (nSPS) is 11.2. The minimum absolute atomic E-state index is 0.272. The van der Waals surface area contributed by atoms with Crippen LogP contribution in [-0.2, 0) is 4.79 Å². The number of urea groups is 1. The topological polar surface area (TPSA) is 132 Å². The summed E-state index contributed by atoms with van der Waals surface area (Å²) >= 11 is 1.52. The minimum atomic E-state index is -0.838. The van der Waals surface area contributed by atoms with Crippen LogP contribution in [0.25, 0.3) is 0 Å². The smallest absolute Gasteiger partial charge is 0.312 e. The van der Waals surface area contributed by atoms with Gasteiger partial charge in [-0.2, -0.15) is 11.8 Å². The van der Waals surface area contributed by atoms with Crippen molar-refractivity contribution >= 4 is 29.6 Å². The SMILES string of the molecule is CCOc1ccc(C(=O)NNC(=O)[C@H](CCSC)NC(N)=O)cc1OC. The van der Waals surface area contributed by atoms with E-state index in [1.54, 1.807) is 12.1 Å². The predicted molar refractivity (Wildman–Crippen MR) is 99.3 cm³/mol. The second-order valence-corrected chi connectivity index (χ2v) is 6.07. The average Bonchev–Trinajstić information content (AvgIpc) is 2.63. The standard InChI is InChI=1S/C16H24N4O5S/c1-4-25-12-6-5-10(9-13(12)24-2)14(21)19-20-15(22)11(7-8-26-3)18-16(17)23/h5-6,9,11H,4,7-8H2,1-3H3,(H,19,21)(H,20,22)(H3,17,18,23)/t11-/m0/s1. The lowest BCUT2D eigenvalue weighted by molar-refractivity contribution is -0.123. The van der Waals surface area contributed by atoms with Crippen molar-refractivity contribution in [3.63, 3.8) is 0 Å². The fourth-order valence-electron chi connectivity index (χ4n) is 2.04. The number of ether oxygens (including phenoxy) is 2. The predicted octanol–water partition coefficient (Wildman–Crippen LogP) is 0.645. The number of rotatable bonds is 9. The summed E-state index contributed by atoms with van der Waals surface area (Å²) in [4.78, 5) is 35.3. The van der Waals surface area contributed by atoms with Crippen LogP contribution in [0.2, 0.25) is 0 Å². The van der Waals surface area contributed by atoms with E-state index in [1.807, 2.05) is 13.2 Å². The van der Waals surface area contributed by atoms with Crippen molar-refractivity contribution in [2.45, 2.75) is 19.4 Å². The summed E-state index contributed by atoms with van der Waals surface area (Å²) in [5.74, 6) is 0.450. The number of nitrogens with two attached hydrogens (primary N) is 1. The molecule has 0 aliphatic heterocycles. The quantitative estimate of drug-likeness (QED) is 0.462. The highest BCUT2D eigenvalue weighted by molar-refractivity contribution is 7.98. The van der Waals surface area contributed by atoms with Crippen molar-refractivity contribution in [2.24, 2.45) is 5.73 Å². The molecule has 0 heterocycles. The Labute approximate surface area is 156 Å². The number of benzene rings is 1. The third-order valence-electron chi connectivity index (χ3n) is 3.27. The van der Waals surface area contributed by atoms with Crippen molar-refractivity contribution < 1.29 is 23.9 Å². The highest BCUT2D eigenvalue weighted by atomic mass is 32.2. The largest absolute Gasteiger partial charge is 0.493 e. The second-order valence-electron chi connectivity index (χ2n) is 5.08. The molecule has 0 radical (unpaired) electrons. The van der Waals surface area contributed by atoms with Gasteiger partial charge in [0.15, 0.2) is 11.5 Å². The van der Waals surface area contributed by atoms with Crippen LogP contribution >= 0.6 is 11.8 Å². The van der Waals surface area contributed by atoms with Crippen molar-refractivity contribution in [1.82, 2.24) is 16.2 Å². The molecule has 0 bridgehead atoms. The number of primary amides is 1. The molecule has 0 unspecified atom stereocenters. The van der Waals surface area contributed by atoms with E-state index >= 15 is 0 Å². The molecule has 1 rings (SSSR count). The Balaban J connectivity index is 2.71. The summed E-state index contributed by atoms with van der Waals surface area (Å²) in [5.41, 5.74) is 9.92. The zero-order chi connectivity index (χ0) is 19.5. The highest BCUT2D eigenvalue weighted by Gasteiger charge is 2.20. The number of carbonyl (C=O) groups is 3. The number of hydrogen-bond donors (Lipinski definition) is 4. The first-order chi connectivity index (χ1) is 12.4. The Morgan fingerprint density at radius 2 is 1.96 bits per heavy atom. The lowest BCUT2D eigenvalue weighted by atomic mass is 10.2. The van der Waals surface area contributed by atoms with Gasteiger partial charge in [0.1, 0.15) is 6.04 Å². The number of methoxy groups -OCH3 is 1. The first-order valence-corrected chi connectivity index (χ1v) is 9.28. The number of hydrazine groups is 1. The summed E-state index contributed by atoms with van der Waals surface area (Å²) in [6.07, 6.45) is 2.25. The lowest BCUT2D eigenvalue weighted by Crippen LogP contribution is -2.53. The minimum Gasteiger partial charge on any atom is -0.493 e. The molecule has 1 aromatic rings. The number of thioether (sulfide) groups is 1. The van der Waals surface area contributed by atoms with Crippen LogP contribution in [0.3, 0.4) is 0 Å². The number of amides is 4. The fourth-order valence-corrected chi connectivity index (χ4v) is 2.51. The summed E-state index contributed by atoms with van der Waals surface area (Å²) < 4.78 is 10.6. The van der Waals surface area contributed by atoms with Crippen LogP contribution < -0.4 is 31.4 Å². The second kappa shape index (κ2) is 11.1. The van der Waals surface area contributed by atoms with Crippen LogP contribution in [0.5, 0.6) is 11.5 Å². The van der Waals surface area contributed by atoms with E-state index in [1.165, 1.54) is 24.9 Å². The van der Waals surface area contributed by atoms with Gasteiger partial charge in [0.2, 0.25) is 0 Å². The van der Waals surface area contributed by atoms with E-state index < -0.39 is 23.9 Å². The third kappa shape index (κ3) is 6.71. The van der Waals surface area contributed by atoms with Crippen LogP contribution in [0.15, 0.2) is 18.2 Å². The molecule has 10 heteroatoms. The van der Waals surface area contributed by atoms with Crippen LogP contribution in [-0.4, -0.2) is 49.6 Å². The Morgan fingerprint density at radius 1 is 1.23 bits per heavy atom.